The van der Waals surface area contributed by atoms with Gasteiger partial charge in [0.1, 0.15) is 4.60 Å². The van der Waals surface area contributed by atoms with Gasteiger partial charge in [-0.3, -0.25) is 0 Å². The Morgan fingerprint density at radius 3 is 2.78 bits per heavy atom. The van der Waals surface area contributed by atoms with Gasteiger partial charge < -0.3 is 4.74 Å². The Bertz CT molecular complexity index is 540. The van der Waals surface area contributed by atoms with Gasteiger partial charge in [-0.15, -0.1) is 5.10 Å². The summed E-state index contributed by atoms with van der Waals surface area (Å²) >= 11 is 3.30. The molecule has 0 unspecified atom stereocenters. The average Bonchev–Trinajstić information content (AvgIpc) is 2.78. The second-order valence-corrected chi connectivity index (χ2v) is 4.43. The number of aryl methyl sites for hydroxylation is 2. The first-order valence-corrected chi connectivity index (χ1v) is 6.23. The largest absolute Gasteiger partial charge is 0.464 e. The molecule has 5 nitrogen and oxygen atoms in total. The summed E-state index contributed by atoms with van der Waals surface area (Å²) in [5.74, 6) is -0.493. The van der Waals surface area contributed by atoms with Gasteiger partial charge in [0.05, 0.1) is 7.11 Å². The Morgan fingerprint density at radius 2 is 2.11 bits per heavy atom. The predicted octanol–water partition coefficient (Wildman–Crippen LogP) is 2.07. The summed E-state index contributed by atoms with van der Waals surface area (Å²) in [5, 5.41) is 7.71. The second-order valence-electron chi connectivity index (χ2n) is 3.68. The smallest absolute Gasteiger partial charge is 0.361 e. The maximum absolute atomic E-state index is 11.4. The highest BCUT2D eigenvalue weighted by Gasteiger charge is 2.17. The van der Waals surface area contributed by atoms with Crippen molar-refractivity contribution in [3.8, 4) is 0 Å². The fourth-order valence-electron chi connectivity index (χ4n) is 1.55. The van der Waals surface area contributed by atoms with Crippen molar-refractivity contribution in [1.29, 1.82) is 0 Å². The molecular weight excluding hydrogens is 298 g/mol. The van der Waals surface area contributed by atoms with E-state index in [1.807, 2.05) is 30.3 Å². The Kier molecular flexibility index (Phi) is 4.09. The maximum Gasteiger partial charge on any atom is 0.361 e. The number of carbonyl (C=O) groups is 1. The predicted molar refractivity (Wildman–Crippen MR) is 69.2 cm³/mol. The summed E-state index contributed by atoms with van der Waals surface area (Å²) < 4.78 is 6.79. The first-order chi connectivity index (χ1) is 8.72. The Labute approximate surface area is 113 Å². The maximum atomic E-state index is 11.4. The van der Waals surface area contributed by atoms with E-state index in [0.717, 1.165) is 6.42 Å². The minimum Gasteiger partial charge on any atom is -0.464 e. The summed E-state index contributed by atoms with van der Waals surface area (Å²) in [7, 11) is 1.32. The van der Waals surface area contributed by atoms with Crippen molar-refractivity contribution >= 4 is 21.9 Å². The normalized spacial score (nSPS) is 10.3. The molecule has 0 aliphatic heterocycles. The van der Waals surface area contributed by atoms with E-state index in [1.165, 1.54) is 12.7 Å². The van der Waals surface area contributed by atoms with Crippen LogP contribution in [0.15, 0.2) is 34.9 Å². The zero-order valence-corrected chi connectivity index (χ0v) is 11.4. The monoisotopic (exact) mass is 309 g/mol. The van der Waals surface area contributed by atoms with Crippen LogP contribution in [0, 0.1) is 0 Å². The molecule has 0 spiro atoms. The number of aromatic nitrogens is 3. The molecule has 0 saturated heterocycles. The Hall–Kier alpha value is -1.69. The number of nitrogens with zero attached hydrogens (tertiary/aromatic N) is 3. The molecular formula is C12H12BrN3O2. The van der Waals surface area contributed by atoms with Gasteiger partial charge in [0, 0.05) is 6.54 Å². The molecule has 94 valence electrons. The van der Waals surface area contributed by atoms with Crippen LogP contribution in [-0.2, 0) is 17.7 Å². The molecule has 1 aromatic carbocycles. The topological polar surface area (TPSA) is 57.0 Å². The van der Waals surface area contributed by atoms with Crippen molar-refractivity contribution in [2.45, 2.75) is 13.0 Å². The first-order valence-electron chi connectivity index (χ1n) is 5.43. The molecule has 0 N–H and O–H groups in total. The SMILES string of the molecule is COC(=O)c1nnn(CCc2ccccc2)c1Br. The fraction of sp³-hybridized carbons (Fsp3) is 0.250. The highest BCUT2D eigenvalue weighted by atomic mass is 79.9. The van der Waals surface area contributed by atoms with Crippen molar-refractivity contribution in [2.75, 3.05) is 7.11 Å². The van der Waals surface area contributed by atoms with Gasteiger partial charge in [0.25, 0.3) is 0 Å². The highest BCUT2D eigenvalue weighted by Crippen LogP contribution is 2.15. The van der Waals surface area contributed by atoms with Gasteiger partial charge >= 0.3 is 5.97 Å². The third-order valence-corrected chi connectivity index (χ3v) is 3.29. The molecule has 2 rings (SSSR count). The minimum atomic E-state index is -0.493. The third-order valence-electron chi connectivity index (χ3n) is 2.51. The van der Waals surface area contributed by atoms with E-state index >= 15 is 0 Å². The Morgan fingerprint density at radius 1 is 1.39 bits per heavy atom. The van der Waals surface area contributed by atoms with Crippen LogP contribution < -0.4 is 0 Å². The standard InChI is InChI=1S/C12H12BrN3O2/c1-18-12(17)10-11(13)16(15-14-10)8-7-9-5-3-2-4-6-9/h2-6H,7-8H2,1H3. The molecule has 1 heterocycles. The van der Waals surface area contributed by atoms with E-state index in [2.05, 4.69) is 31.0 Å². The molecule has 0 bridgehead atoms. The van der Waals surface area contributed by atoms with Gasteiger partial charge in [0.15, 0.2) is 0 Å². The number of hydrogen-bond donors (Lipinski definition) is 0. The number of carbonyl (C=O) groups excluding carboxylic acids is 1. The molecule has 0 radical (unpaired) electrons. The molecule has 0 fully saturated rings. The van der Waals surface area contributed by atoms with Crippen molar-refractivity contribution in [3.63, 3.8) is 0 Å². The lowest BCUT2D eigenvalue weighted by atomic mass is 10.1. The number of hydrogen-bond acceptors (Lipinski definition) is 4. The van der Waals surface area contributed by atoms with Crippen molar-refractivity contribution in [1.82, 2.24) is 15.0 Å². The summed E-state index contributed by atoms with van der Waals surface area (Å²) in [6.07, 6.45) is 0.823. The van der Waals surface area contributed by atoms with Crippen LogP contribution in [0.5, 0.6) is 0 Å². The lowest BCUT2D eigenvalue weighted by Gasteiger charge is -2.02. The van der Waals surface area contributed by atoms with Crippen LogP contribution in [-0.4, -0.2) is 28.1 Å². The first kappa shape index (κ1) is 12.8. The summed E-state index contributed by atoms with van der Waals surface area (Å²) in [5.41, 5.74) is 1.41. The number of rotatable bonds is 4. The lowest BCUT2D eigenvalue weighted by molar-refractivity contribution is 0.0592. The molecule has 0 aliphatic rings. The van der Waals surface area contributed by atoms with Gasteiger partial charge in [0.2, 0.25) is 5.69 Å². The quantitative estimate of drug-likeness (QED) is 0.811. The van der Waals surface area contributed by atoms with E-state index < -0.39 is 5.97 Å². The number of halogens is 1. The lowest BCUT2D eigenvalue weighted by Crippen LogP contribution is -2.05. The van der Waals surface area contributed by atoms with Crippen LogP contribution in [0.3, 0.4) is 0 Å². The van der Waals surface area contributed by atoms with E-state index in [0.29, 0.717) is 11.1 Å². The van der Waals surface area contributed by atoms with Gasteiger partial charge in [-0.25, -0.2) is 9.48 Å². The average molecular weight is 310 g/mol. The number of esters is 1. The van der Waals surface area contributed by atoms with E-state index in [4.69, 9.17) is 0 Å². The molecule has 6 heteroatoms. The molecule has 0 aliphatic carbocycles. The van der Waals surface area contributed by atoms with Crippen molar-refractivity contribution in [2.24, 2.45) is 0 Å². The minimum absolute atomic E-state index is 0.200. The van der Waals surface area contributed by atoms with Gasteiger partial charge in [-0.2, -0.15) is 0 Å². The second kappa shape index (κ2) is 5.77. The Balaban J connectivity index is 2.07. The third kappa shape index (κ3) is 2.76. The number of methoxy groups -OCH3 is 1. The zero-order valence-electron chi connectivity index (χ0n) is 9.84. The molecule has 18 heavy (non-hydrogen) atoms. The van der Waals surface area contributed by atoms with E-state index in [9.17, 15) is 4.79 Å². The van der Waals surface area contributed by atoms with Gasteiger partial charge in [-0.05, 0) is 27.9 Å². The van der Waals surface area contributed by atoms with E-state index in [1.54, 1.807) is 4.68 Å². The van der Waals surface area contributed by atoms with Crippen molar-refractivity contribution in [3.05, 3.63) is 46.2 Å². The summed E-state index contributed by atoms with van der Waals surface area (Å²) in [6.45, 7) is 0.647. The highest BCUT2D eigenvalue weighted by molar-refractivity contribution is 9.10. The molecule has 1 aromatic heterocycles. The van der Waals surface area contributed by atoms with Crippen LogP contribution in [0.25, 0.3) is 0 Å². The van der Waals surface area contributed by atoms with Crippen molar-refractivity contribution < 1.29 is 9.53 Å². The number of benzene rings is 1. The molecule has 0 amide bonds. The van der Waals surface area contributed by atoms with Crippen LogP contribution >= 0.6 is 15.9 Å². The zero-order chi connectivity index (χ0) is 13.0. The van der Waals surface area contributed by atoms with Crippen LogP contribution in [0.2, 0.25) is 0 Å². The fourth-order valence-corrected chi connectivity index (χ4v) is 2.04. The van der Waals surface area contributed by atoms with Crippen LogP contribution in [0.1, 0.15) is 16.1 Å². The molecule has 0 atom stereocenters. The summed E-state index contributed by atoms with van der Waals surface area (Å²) in [4.78, 5) is 11.4. The number of ether oxygens (including phenoxy) is 1. The molecule has 2 aromatic rings. The molecule has 0 saturated carbocycles. The summed E-state index contributed by atoms with van der Waals surface area (Å²) in [6, 6.07) is 10.1. The van der Waals surface area contributed by atoms with Crippen LogP contribution in [0.4, 0.5) is 0 Å². The van der Waals surface area contributed by atoms with E-state index in [-0.39, 0.29) is 5.69 Å². The van der Waals surface area contributed by atoms with Gasteiger partial charge in [-0.1, -0.05) is 35.5 Å².